The topological polar surface area (TPSA) is 95.7 Å². The van der Waals surface area contributed by atoms with Crippen LogP contribution in [0.3, 0.4) is 0 Å². The summed E-state index contributed by atoms with van der Waals surface area (Å²) in [7, 11) is 0. The highest BCUT2D eigenvalue weighted by atomic mass is 35.5. The summed E-state index contributed by atoms with van der Waals surface area (Å²) < 4.78 is 9.99. The van der Waals surface area contributed by atoms with E-state index in [4.69, 9.17) is 21.1 Å². The minimum atomic E-state index is -0.714. The fourth-order valence-electron chi connectivity index (χ4n) is 1.96. The highest BCUT2D eigenvalue weighted by Crippen LogP contribution is 2.25. The van der Waals surface area contributed by atoms with Gasteiger partial charge in [0.1, 0.15) is 11.6 Å². The van der Waals surface area contributed by atoms with E-state index in [1.54, 1.807) is 31.2 Å². The Kier molecular flexibility index (Phi) is 6.08. The van der Waals surface area contributed by atoms with Gasteiger partial charge in [-0.2, -0.15) is 0 Å². The number of halogens is 1. The van der Waals surface area contributed by atoms with Gasteiger partial charge < -0.3 is 9.47 Å². The second-order valence-electron chi connectivity index (χ2n) is 4.92. The van der Waals surface area contributed by atoms with Crippen LogP contribution in [0.15, 0.2) is 42.5 Å². The molecule has 130 valence electrons. The van der Waals surface area contributed by atoms with Crippen molar-refractivity contribution in [1.82, 2.24) is 0 Å². The summed E-state index contributed by atoms with van der Waals surface area (Å²) in [5.41, 5.74) is 0.712. The summed E-state index contributed by atoms with van der Waals surface area (Å²) in [4.78, 5) is 33.7. The minimum Gasteiger partial charge on any atom is -0.462 e. The van der Waals surface area contributed by atoms with Crippen molar-refractivity contribution in [1.29, 1.82) is 0 Å². The number of hydrogen-bond donors (Lipinski definition) is 0. The summed E-state index contributed by atoms with van der Waals surface area (Å²) in [5.74, 6) is -1.14. The predicted octanol–water partition coefficient (Wildman–Crippen LogP) is 3.78. The van der Waals surface area contributed by atoms with Gasteiger partial charge in [-0.1, -0.05) is 23.7 Å². The number of rotatable bonds is 6. The molecule has 0 heterocycles. The molecule has 25 heavy (non-hydrogen) atoms. The summed E-state index contributed by atoms with van der Waals surface area (Å²) in [6.45, 7) is 1.95. The van der Waals surface area contributed by atoms with Crippen molar-refractivity contribution >= 4 is 29.2 Å². The van der Waals surface area contributed by atoms with E-state index in [0.717, 1.165) is 6.07 Å². The van der Waals surface area contributed by atoms with Crippen molar-refractivity contribution in [2.75, 3.05) is 6.61 Å². The zero-order chi connectivity index (χ0) is 18.4. The molecule has 0 radical (unpaired) electrons. The van der Waals surface area contributed by atoms with Gasteiger partial charge in [0.2, 0.25) is 0 Å². The van der Waals surface area contributed by atoms with E-state index in [0.29, 0.717) is 11.1 Å². The molecular formula is C17H14ClNO6. The van der Waals surface area contributed by atoms with Gasteiger partial charge in [-0.15, -0.1) is 0 Å². The van der Waals surface area contributed by atoms with Crippen LogP contribution in [-0.4, -0.2) is 23.5 Å². The van der Waals surface area contributed by atoms with Crippen molar-refractivity contribution in [3.05, 3.63) is 74.3 Å². The SMILES string of the molecule is CCOC(=O)c1ccc(COC(=O)c2ccc(Cl)c([N+](=O)[O-])c2)cc1. The van der Waals surface area contributed by atoms with Crippen LogP contribution < -0.4 is 0 Å². The highest BCUT2D eigenvalue weighted by Gasteiger charge is 2.17. The lowest BCUT2D eigenvalue weighted by atomic mass is 10.1. The molecule has 0 aliphatic heterocycles. The van der Waals surface area contributed by atoms with Gasteiger partial charge in [-0.25, -0.2) is 9.59 Å². The zero-order valence-electron chi connectivity index (χ0n) is 13.2. The summed E-state index contributed by atoms with van der Waals surface area (Å²) in [6.07, 6.45) is 0. The van der Waals surface area contributed by atoms with Crippen LogP contribution in [0.4, 0.5) is 5.69 Å². The van der Waals surface area contributed by atoms with Gasteiger partial charge in [-0.05, 0) is 36.8 Å². The normalized spacial score (nSPS) is 10.2. The maximum Gasteiger partial charge on any atom is 0.338 e. The van der Waals surface area contributed by atoms with Crippen LogP contribution in [0, 0.1) is 10.1 Å². The Labute approximate surface area is 148 Å². The van der Waals surface area contributed by atoms with Gasteiger partial charge in [0.05, 0.1) is 22.7 Å². The first-order valence-electron chi connectivity index (χ1n) is 7.29. The molecule has 0 aliphatic carbocycles. The average Bonchev–Trinajstić information content (AvgIpc) is 2.60. The number of nitro benzene ring substituents is 1. The number of esters is 2. The van der Waals surface area contributed by atoms with Gasteiger partial charge >= 0.3 is 11.9 Å². The molecule has 0 amide bonds. The van der Waals surface area contributed by atoms with Crippen molar-refractivity contribution < 1.29 is 24.0 Å². The zero-order valence-corrected chi connectivity index (χ0v) is 14.0. The third-order valence-electron chi connectivity index (χ3n) is 3.21. The van der Waals surface area contributed by atoms with Gasteiger partial charge in [0, 0.05) is 6.07 Å². The summed E-state index contributed by atoms with van der Waals surface area (Å²) in [5, 5.41) is 10.8. The van der Waals surface area contributed by atoms with Crippen molar-refractivity contribution in [3.8, 4) is 0 Å². The molecule has 2 aromatic carbocycles. The highest BCUT2D eigenvalue weighted by molar-refractivity contribution is 6.32. The predicted molar refractivity (Wildman–Crippen MR) is 89.6 cm³/mol. The van der Waals surface area contributed by atoms with E-state index in [1.807, 2.05) is 0 Å². The maximum absolute atomic E-state index is 12.0. The molecule has 0 saturated heterocycles. The summed E-state index contributed by atoms with van der Waals surface area (Å²) in [6, 6.07) is 10.1. The number of carbonyl (C=O) groups excluding carboxylic acids is 2. The number of nitrogens with zero attached hydrogens (tertiary/aromatic N) is 1. The van der Waals surface area contributed by atoms with Gasteiger partial charge in [-0.3, -0.25) is 10.1 Å². The van der Waals surface area contributed by atoms with Crippen LogP contribution >= 0.6 is 11.6 Å². The molecule has 0 unspecified atom stereocenters. The van der Waals surface area contributed by atoms with Crippen molar-refractivity contribution in [2.45, 2.75) is 13.5 Å². The lowest BCUT2D eigenvalue weighted by molar-refractivity contribution is -0.384. The van der Waals surface area contributed by atoms with Crippen LogP contribution in [0.2, 0.25) is 5.02 Å². The quantitative estimate of drug-likeness (QED) is 0.440. The van der Waals surface area contributed by atoms with Crippen molar-refractivity contribution in [3.63, 3.8) is 0 Å². The Hall–Kier alpha value is -2.93. The van der Waals surface area contributed by atoms with Crippen LogP contribution in [0.1, 0.15) is 33.2 Å². The Morgan fingerprint density at radius 3 is 2.24 bits per heavy atom. The largest absolute Gasteiger partial charge is 0.462 e. The standard InChI is InChI=1S/C17H14ClNO6/c1-2-24-16(20)12-5-3-11(4-6-12)10-25-17(21)13-7-8-14(18)15(9-13)19(22)23/h3-9H,2,10H2,1H3. The average molecular weight is 364 g/mol. The Bertz CT molecular complexity index is 803. The molecule has 0 spiro atoms. The molecule has 2 aromatic rings. The van der Waals surface area contributed by atoms with Crippen LogP contribution in [-0.2, 0) is 16.1 Å². The smallest absolute Gasteiger partial charge is 0.338 e. The first-order valence-corrected chi connectivity index (χ1v) is 7.67. The van der Waals surface area contributed by atoms with E-state index in [9.17, 15) is 19.7 Å². The molecule has 2 rings (SSSR count). The Morgan fingerprint density at radius 1 is 1.04 bits per heavy atom. The lowest BCUT2D eigenvalue weighted by Crippen LogP contribution is -2.07. The number of nitro groups is 1. The Morgan fingerprint density at radius 2 is 1.64 bits per heavy atom. The third kappa shape index (κ3) is 4.77. The Balaban J connectivity index is 2.01. The molecule has 0 N–H and O–H groups in total. The molecular weight excluding hydrogens is 350 g/mol. The van der Waals surface area contributed by atoms with E-state index in [-0.39, 0.29) is 29.5 Å². The fourth-order valence-corrected chi connectivity index (χ4v) is 2.15. The van der Waals surface area contributed by atoms with Crippen LogP contribution in [0.5, 0.6) is 0 Å². The number of hydrogen-bond acceptors (Lipinski definition) is 6. The molecule has 0 bridgehead atoms. The second-order valence-corrected chi connectivity index (χ2v) is 5.32. The van der Waals surface area contributed by atoms with E-state index in [1.165, 1.54) is 12.1 Å². The first kappa shape index (κ1) is 18.4. The van der Waals surface area contributed by atoms with E-state index >= 15 is 0 Å². The van der Waals surface area contributed by atoms with E-state index in [2.05, 4.69) is 0 Å². The molecule has 0 atom stereocenters. The van der Waals surface area contributed by atoms with Crippen molar-refractivity contribution in [2.24, 2.45) is 0 Å². The van der Waals surface area contributed by atoms with Crippen LogP contribution in [0.25, 0.3) is 0 Å². The monoisotopic (exact) mass is 363 g/mol. The molecule has 0 saturated carbocycles. The molecule has 8 heteroatoms. The molecule has 0 fully saturated rings. The number of ether oxygens (including phenoxy) is 2. The molecule has 0 aromatic heterocycles. The van der Waals surface area contributed by atoms with Gasteiger partial charge in [0.15, 0.2) is 0 Å². The lowest BCUT2D eigenvalue weighted by Gasteiger charge is -2.06. The van der Waals surface area contributed by atoms with Gasteiger partial charge in [0.25, 0.3) is 5.69 Å². The second kappa shape index (κ2) is 8.25. The molecule has 0 aliphatic rings. The summed E-state index contributed by atoms with van der Waals surface area (Å²) >= 11 is 5.70. The fraction of sp³-hybridized carbons (Fsp3) is 0.176. The molecule has 7 nitrogen and oxygen atoms in total. The number of benzene rings is 2. The first-order chi connectivity index (χ1) is 11.9. The third-order valence-corrected chi connectivity index (χ3v) is 3.53. The maximum atomic E-state index is 12.0. The minimum absolute atomic E-state index is 0.0271. The van der Waals surface area contributed by atoms with E-state index < -0.39 is 16.9 Å². The number of carbonyl (C=O) groups is 2.